The van der Waals surface area contributed by atoms with E-state index in [4.69, 9.17) is 5.73 Å². The summed E-state index contributed by atoms with van der Waals surface area (Å²) in [4.78, 5) is 2.45. The predicted octanol–water partition coefficient (Wildman–Crippen LogP) is 1.56. The molecule has 3 N–H and O–H groups in total. The highest BCUT2D eigenvalue weighted by molar-refractivity contribution is 5.25. The van der Waals surface area contributed by atoms with Crippen molar-refractivity contribution in [1.82, 2.24) is 4.90 Å². The van der Waals surface area contributed by atoms with Crippen LogP contribution in [0.2, 0.25) is 0 Å². The third-order valence-electron chi connectivity index (χ3n) is 3.28. The Morgan fingerprint density at radius 3 is 2.75 bits per heavy atom. The second-order valence-electron chi connectivity index (χ2n) is 4.65. The molecule has 88 valence electrons. The smallest absolute Gasteiger partial charge is 0.115 e. The zero-order valence-corrected chi connectivity index (χ0v) is 9.60. The molecule has 1 unspecified atom stereocenters. The minimum atomic E-state index is 0.335. The van der Waals surface area contributed by atoms with Crippen molar-refractivity contribution < 1.29 is 5.11 Å². The molecule has 1 atom stereocenters. The third kappa shape index (κ3) is 2.97. The fraction of sp³-hybridized carbons (Fsp3) is 0.538. The number of hydrogen-bond acceptors (Lipinski definition) is 3. The van der Waals surface area contributed by atoms with Gasteiger partial charge in [0.1, 0.15) is 5.75 Å². The van der Waals surface area contributed by atoms with Crippen LogP contribution in [0.25, 0.3) is 0 Å². The van der Waals surface area contributed by atoms with Crippen LogP contribution in [0.3, 0.4) is 0 Å². The lowest BCUT2D eigenvalue weighted by molar-refractivity contribution is 0.171. The van der Waals surface area contributed by atoms with E-state index in [1.165, 1.54) is 18.4 Å². The van der Waals surface area contributed by atoms with Crippen LogP contribution in [-0.2, 0) is 6.54 Å². The summed E-state index contributed by atoms with van der Waals surface area (Å²) in [5.74, 6) is 0.994. The molecule has 0 radical (unpaired) electrons. The minimum absolute atomic E-state index is 0.335. The van der Waals surface area contributed by atoms with Crippen LogP contribution in [0.15, 0.2) is 24.3 Å². The Balaban J connectivity index is 1.91. The van der Waals surface area contributed by atoms with Gasteiger partial charge < -0.3 is 10.8 Å². The number of nitrogens with zero attached hydrogens (tertiary/aromatic N) is 1. The van der Waals surface area contributed by atoms with E-state index in [0.29, 0.717) is 11.7 Å². The Bertz CT molecular complexity index is 323. The summed E-state index contributed by atoms with van der Waals surface area (Å²) in [6, 6.07) is 7.47. The third-order valence-corrected chi connectivity index (χ3v) is 3.28. The van der Waals surface area contributed by atoms with Crippen LogP contribution in [0.5, 0.6) is 5.75 Å². The predicted molar refractivity (Wildman–Crippen MR) is 65.2 cm³/mol. The summed E-state index contributed by atoms with van der Waals surface area (Å²) in [7, 11) is 0. The van der Waals surface area contributed by atoms with Crippen LogP contribution in [-0.4, -0.2) is 29.6 Å². The first kappa shape index (κ1) is 11.4. The molecule has 2 rings (SSSR count). The number of likely N-dealkylation sites (tertiary alicyclic amines) is 1. The van der Waals surface area contributed by atoms with Gasteiger partial charge in [0.2, 0.25) is 0 Å². The average molecular weight is 220 g/mol. The minimum Gasteiger partial charge on any atom is -0.508 e. The van der Waals surface area contributed by atoms with E-state index >= 15 is 0 Å². The average Bonchev–Trinajstić information content (AvgIpc) is 2.32. The normalized spacial score (nSPS) is 22.2. The fourth-order valence-corrected chi connectivity index (χ4v) is 2.35. The van der Waals surface area contributed by atoms with Crippen LogP contribution in [0.4, 0.5) is 0 Å². The van der Waals surface area contributed by atoms with Gasteiger partial charge in [-0.1, -0.05) is 12.1 Å². The second-order valence-corrected chi connectivity index (χ2v) is 4.65. The van der Waals surface area contributed by atoms with Crippen LogP contribution in [0.1, 0.15) is 18.4 Å². The quantitative estimate of drug-likeness (QED) is 0.813. The van der Waals surface area contributed by atoms with Crippen molar-refractivity contribution in [1.29, 1.82) is 0 Å². The summed E-state index contributed by atoms with van der Waals surface area (Å²) in [6.45, 7) is 4.04. The maximum atomic E-state index is 9.21. The van der Waals surface area contributed by atoms with Crippen LogP contribution < -0.4 is 5.73 Å². The molecule has 3 heteroatoms. The topological polar surface area (TPSA) is 49.5 Å². The molecule has 0 spiro atoms. The van der Waals surface area contributed by atoms with Crippen molar-refractivity contribution in [2.45, 2.75) is 19.4 Å². The number of rotatable bonds is 3. The highest BCUT2D eigenvalue weighted by Crippen LogP contribution is 2.18. The largest absolute Gasteiger partial charge is 0.508 e. The van der Waals surface area contributed by atoms with Crippen molar-refractivity contribution in [3.05, 3.63) is 29.8 Å². The lowest BCUT2D eigenvalue weighted by atomic mass is 9.98. The number of phenols is 1. The molecule has 1 heterocycles. The Kier molecular flexibility index (Phi) is 3.80. The number of nitrogens with two attached hydrogens (primary N) is 1. The van der Waals surface area contributed by atoms with E-state index in [2.05, 4.69) is 4.90 Å². The summed E-state index contributed by atoms with van der Waals surface area (Å²) in [5, 5.41) is 9.21. The second kappa shape index (κ2) is 5.32. The van der Waals surface area contributed by atoms with Gasteiger partial charge >= 0.3 is 0 Å². The van der Waals surface area contributed by atoms with Gasteiger partial charge in [-0.05, 0) is 49.5 Å². The van der Waals surface area contributed by atoms with Crippen molar-refractivity contribution >= 4 is 0 Å². The molecule has 0 aromatic heterocycles. The van der Waals surface area contributed by atoms with E-state index in [1.54, 1.807) is 12.1 Å². The molecule has 1 aromatic carbocycles. The maximum Gasteiger partial charge on any atom is 0.115 e. The van der Waals surface area contributed by atoms with Gasteiger partial charge in [-0.2, -0.15) is 0 Å². The van der Waals surface area contributed by atoms with E-state index in [-0.39, 0.29) is 0 Å². The van der Waals surface area contributed by atoms with Gasteiger partial charge in [0.05, 0.1) is 0 Å². The van der Waals surface area contributed by atoms with E-state index < -0.39 is 0 Å². The van der Waals surface area contributed by atoms with Crippen molar-refractivity contribution in [2.24, 2.45) is 11.7 Å². The lowest BCUT2D eigenvalue weighted by Crippen LogP contribution is -2.37. The Labute approximate surface area is 96.9 Å². The first-order chi connectivity index (χ1) is 7.78. The number of hydrogen-bond donors (Lipinski definition) is 2. The Morgan fingerprint density at radius 2 is 2.06 bits per heavy atom. The van der Waals surface area contributed by atoms with Crippen LogP contribution >= 0.6 is 0 Å². The molecule has 16 heavy (non-hydrogen) atoms. The maximum absolute atomic E-state index is 9.21. The molecule has 1 saturated heterocycles. The zero-order valence-electron chi connectivity index (χ0n) is 9.60. The van der Waals surface area contributed by atoms with E-state index in [1.807, 2.05) is 12.1 Å². The Morgan fingerprint density at radius 1 is 1.31 bits per heavy atom. The molecule has 1 fully saturated rings. The summed E-state index contributed by atoms with van der Waals surface area (Å²) < 4.78 is 0. The molecule has 0 saturated carbocycles. The first-order valence-electron chi connectivity index (χ1n) is 5.98. The van der Waals surface area contributed by atoms with E-state index in [9.17, 15) is 5.11 Å². The SMILES string of the molecule is NCC1CCCN(Cc2ccc(O)cc2)C1. The first-order valence-corrected chi connectivity index (χ1v) is 5.98. The van der Waals surface area contributed by atoms with Gasteiger partial charge in [-0.15, -0.1) is 0 Å². The standard InChI is InChI=1S/C13H20N2O/c14-8-12-2-1-7-15(10-12)9-11-3-5-13(16)6-4-11/h3-6,12,16H,1-2,7-10,14H2. The summed E-state index contributed by atoms with van der Waals surface area (Å²) >= 11 is 0. The highest BCUT2D eigenvalue weighted by Gasteiger charge is 2.18. The number of phenolic OH excluding ortho intramolecular Hbond substituents is 1. The number of benzene rings is 1. The molecule has 3 nitrogen and oxygen atoms in total. The molecule has 1 aliphatic heterocycles. The van der Waals surface area contributed by atoms with E-state index in [0.717, 1.165) is 26.2 Å². The summed E-state index contributed by atoms with van der Waals surface area (Å²) in [6.07, 6.45) is 2.52. The lowest BCUT2D eigenvalue weighted by Gasteiger charge is -2.32. The van der Waals surface area contributed by atoms with Gasteiger partial charge in [-0.3, -0.25) is 4.90 Å². The molecular formula is C13H20N2O. The van der Waals surface area contributed by atoms with Gasteiger partial charge in [0, 0.05) is 13.1 Å². The molecule has 1 aromatic rings. The van der Waals surface area contributed by atoms with Crippen LogP contribution in [0, 0.1) is 5.92 Å². The molecule has 0 amide bonds. The van der Waals surface area contributed by atoms with Gasteiger partial charge in [-0.25, -0.2) is 0 Å². The molecule has 1 aliphatic rings. The monoisotopic (exact) mass is 220 g/mol. The zero-order chi connectivity index (χ0) is 11.4. The number of piperidine rings is 1. The molecule has 0 aliphatic carbocycles. The Hall–Kier alpha value is -1.06. The number of aromatic hydroxyl groups is 1. The van der Waals surface area contributed by atoms with Crippen molar-refractivity contribution in [2.75, 3.05) is 19.6 Å². The molecular weight excluding hydrogens is 200 g/mol. The highest BCUT2D eigenvalue weighted by atomic mass is 16.3. The van der Waals surface area contributed by atoms with Crippen molar-refractivity contribution in [3.8, 4) is 5.75 Å². The van der Waals surface area contributed by atoms with Gasteiger partial charge in [0.25, 0.3) is 0 Å². The fourth-order valence-electron chi connectivity index (χ4n) is 2.35. The van der Waals surface area contributed by atoms with Gasteiger partial charge in [0.15, 0.2) is 0 Å². The van der Waals surface area contributed by atoms with Crippen molar-refractivity contribution in [3.63, 3.8) is 0 Å². The molecule has 0 bridgehead atoms. The summed E-state index contributed by atoms with van der Waals surface area (Å²) in [5.41, 5.74) is 6.98.